The van der Waals surface area contributed by atoms with Crippen LogP contribution in [-0.2, 0) is 9.84 Å². The molecule has 1 aliphatic carbocycles. The smallest absolute Gasteiger partial charge is 0.164 e. The SMILES string of the molecule is CCC1CCCC(CN)(N2CCSCC2S(C)(=O)=O)CC1. The highest BCUT2D eigenvalue weighted by atomic mass is 32.2. The molecule has 21 heavy (non-hydrogen) atoms. The van der Waals surface area contributed by atoms with Gasteiger partial charge in [0.2, 0.25) is 0 Å². The quantitative estimate of drug-likeness (QED) is 0.798. The number of thioether (sulfide) groups is 1. The Bertz CT molecular complexity index is 441. The minimum absolute atomic E-state index is 0.0986. The molecule has 6 heteroatoms. The van der Waals surface area contributed by atoms with Gasteiger partial charge in [-0.15, -0.1) is 0 Å². The Morgan fingerprint density at radius 2 is 2.10 bits per heavy atom. The molecular weight excluding hydrogens is 304 g/mol. The molecule has 0 bridgehead atoms. The Labute approximate surface area is 134 Å². The second-order valence-corrected chi connectivity index (χ2v) is 10.0. The van der Waals surface area contributed by atoms with Crippen LogP contribution in [0, 0.1) is 5.92 Å². The van der Waals surface area contributed by atoms with Crippen molar-refractivity contribution >= 4 is 21.6 Å². The van der Waals surface area contributed by atoms with Crippen LogP contribution in [0.4, 0.5) is 0 Å². The molecule has 4 nitrogen and oxygen atoms in total. The van der Waals surface area contributed by atoms with Gasteiger partial charge in [0, 0.05) is 36.4 Å². The summed E-state index contributed by atoms with van der Waals surface area (Å²) in [5.74, 6) is 2.50. The Kier molecular flexibility index (Phi) is 6.02. The van der Waals surface area contributed by atoms with E-state index in [1.54, 1.807) is 11.8 Å². The Morgan fingerprint density at radius 1 is 1.33 bits per heavy atom. The summed E-state index contributed by atoms with van der Waals surface area (Å²) in [7, 11) is -3.05. The minimum Gasteiger partial charge on any atom is -0.329 e. The highest BCUT2D eigenvalue weighted by Gasteiger charge is 2.44. The largest absolute Gasteiger partial charge is 0.329 e. The van der Waals surface area contributed by atoms with Crippen LogP contribution in [0.15, 0.2) is 0 Å². The molecule has 0 aromatic heterocycles. The zero-order valence-corrected chi connectivity index (χ0v) is 15.0. The molecule has 1 saturated heterocycles. The summed E-state index contributed by atoms with van der Waals surface area (Å²) in [6.45, 7) is 3.70. The third-order valence-electron chi connectivity index (χ3n) is 5.42. The first-order valence-corrected chi connectivity index (χ1v) is 11.3. The molecule has 0 amide bonds. The molecule has 0 spiro atoms. The van der Waals surface area contributed by atoms with E-state index in [-0.39, 0.29) is 10.9 Å². The second-order valence-electron chi connectivity index (χ2n) is 6.69. The molecule has 2 aliphatic rings. The number of nitrogens with two attached hydrogens (primary N) is 1. The third-order valence-corrected chi connectivity index (χ3v) is 8.06. The van der Waals surface area contributed by atoms with E-state index in [0.29, 0.717) is 12.3 Å². The molecule has 1 saturated carbocycles. The van der Waals surface area contributed by atoms with Gasteiger partial charge in [0.1, 0.15) is 5.37 Å². The van der Waals surface area contributed by atoms with Crippen LogP contribution in [0.3, 0.4) is 0 Å². The van der Waals surface area contributed by atoms with E-state index in [2.05, 4.69) is 11.8 Å². The molecule has 0 aromatic carbocycles. The van der Waals surface area contributed by atoms with Crippen LogP contribution in [0.1, 0.15) is 45.4 Å². The van der Waals surface area contributed by atoms with Gasteiger partial charge in [-0.25, -0.2) is 8.42 Å². The molecule has 2 fully saturated rings. The number of hydrogen-bond donors (Lipinski definition) is 1. The summed E-state index contributed by atoms with van der Waals surface area (Å²) in [6, 6.07) is 0. The van der Waals surface area contributed by atoms with Crippen molar-refractivity contribution in [2.24, 2.45) is 11.7 Å². The number of sulfone groups is 1. The molecule has 1 heterocycles. The van der Waals surface area contributed by atoms with Gasteiger partial charge < -0.3 is 5.73 Å². The molecule has 1 aliphatic heterocycles. The monoisotopic (exact) mass is 334 g/mol. The molecule has 2 rings (SSSR count). The lowest BCUT2D eigenvalue weighted by atomic mass is 9.87. The van der Waals surface area contributed by atoms with Gasteiger partial charge in [-0.05, 0) is 25.2 Å². The lowest BCUT2D eigenvalue weighted by Crippen LogP contribution is -2.62. The van der Waals surface area contributed by atoms with Crippen molar-refractivity contribution in [3.63, 3.8) is 0 Å². The average molecular weight is 335 g/mol. The van der Waals surface area contributed by atoms with E-state index in [9.17, 15) is 8.42 Å². The van der Waals surface area contributed by atoms with Crippen LogP contribution in [0.5, 0.6) is 0 Å². The molecule has 3 unspecified atom stereocenters. The Balaban J connectivity index is 2.24. The maximum Gasteiger partial charge on any atom is 0.164 e. The molecular formula is C15H30N2O2S2. The van der Waals surface area contributed by atoms with Crippen LogP contribution < -0.4 is 5.73 Å². The van der Waals surface area contributed by atoms with E-state index in [1.807, 2.05) is 0 Å². The van der Waals surface area contributed by atoms with Crippen molar-refractivity contribution in [3.05, 3.63) is 0 Å². The van der Waals surface area contributed by atoms with E-state index in [0.717, 1.165) is 31.1 Å². The zero-order valence-electron chi connectivity index (χ0n) is 13.4. The molecule has 3 atom stereocenters. The topological polar surface area (TPSA) is 63.4 Å². The zero-order chi connectivity index (χ0) is 15.5. The van der Waals surface area contributed by atoms with Crippen LogP contribution >= 0.6 is 11.8 Å². The van der Waals surface area contributed by atoms with Gasteiger partial charge in [0.05, 0.1) is 0 Å². The normalized spacial score (nSPS) is 36.3. The van der Waals surface area contributed by atoms with Crippen molar-refractivity contribution < 1.29 is 8.42 Å². The van der Waals surface area contributed by atoms with Crippen molar-refractivity contribution in [1.29, 1.82) is 0 Å². The van der Waals surface area contributed by atoms with Crippen molar-refractivity contribution in [1.82, 2.24) is 4.90 Å². The van der Waals surface area contributed by atoms with E-state index < -0.39 is 9.84 Å². The lowest BCUT2D eigenvalue weighted by Gasteiger charge is -2.48. The summed E-state index contributed by atoms with van der Waals surface area (Å²) in [6.07, 6.45) is 8.35. The van der Waals surface area contributed by atoms with Crippen molar-refractivity contribution in [2.45, 2.75) is 56.4 Å². The summed E-state index contributed by atoms with van der Waals surface area (Å²) in [4.78, 5) is 2.26. The minimum atomic E-state index is -3.05. The van der Waals surface area contributed by atoms with E-state index in [1.165, 1.54) is 31.9 Å². The molecule has 0 radical (unpaired) electrons. The first kappa shape index (κ1) is 17.6. The van der Waals surface area contributed by atoms with Crippen LogP contribution in [0.25, 0.3) is 0 Å². The predicted octanol–water partition coefficient (Wildman–Crippen LogP) is 2.09. The average Bonchev–Trinajstić information content (AvgIpc) is 2.69. The fourth-order valence-electron chi connectivity index (χ4n) is 3.96. The van der Waals surface area contributed by atoms with Gasteiger partial charge in [-0.3, -0.25) is 4.90 Å². The number of nitrogens with zero attached hydrogens (tertiary/aromatic N) is 1. The Hall–Kier alpha value is 0.220. The van der Waals surface area contributed by atoms with Gasteiger partial charge in [-0.2, -0.15) is 11.8 Å². The fourth-order valence-corrected chi connectivity index (χ4v) is 6.90. The van der Waals surface area contributed by atoms with Crippen LogP contribution in [0.2, 0.25) is 0 Å². The van der Waals surface area contributed by atoms with Gasteiger partial charge in [0.15, 0.2) is 9.84 Å². The highest BCUT2D eigenvalue weighted by Crippen LogP contribution is 2.39. The van der Waals surface area contributed by atoms with Gasteiger partial charge >= 0.3 is 0 Å². The van der Waals surface area contributed by atoms with E-state index >= 15 is 0 Å². The first-order valence-electron chi connectivity index (χ1n) is 8.16. The predicted molar refractivity (Wildman–Crippen MR) is 91.3 cm³/mol. The number of hydrogen-bond acceptors (Lipinski definition) is 5. The Morgan fingerprint density at radius 3 is 2.71 bits per heavy atom. The van der Waals surface area contributed by atoms with Crippen molar-refractivity contribution in [3.8, 4) is 0 Å². The maximum absolute atomic E-state index is 12.2. The van der Waals surface area contributed by atoms with Crippen molar-refractivity contribution in [2.75, 3.05) is 30.9 Å². The summed E-state index contributed by atoms with van der Waals surface area (Å²) >= 11 is 1.76. The standard InChI is InChI=1S/C15H30N2O2S2/c1-3-13-5-4-7-15(12-16,8-6-13)17-9-10-20-11-14(17)21(2,18)19/h13-14H,3-12,16H2,1-2H3. The lowest BCUT2D eigenvalue weighted by molar-refractivity contribution is 0.0728. The molecule has 124 valence electrons. The van der Waals surface area contributed by atoms with Gasteiger partial charge in [0.25, 0.3) is 0 Å². The molecule has 2 N–H and O–H groups in total. The van der Waals surface area contributed by atoms with E-state index in [4.69, 9.17) is 5.73 Å². The second kappa shape index (κ2) is 7.20. The van der Waals surface area contributed by atoms with Crippen LogP contribution in [-0.4, -0.2) is 55.1 Å². The molecule has 0 aromatic rings. The third kappa shape index (κ3) is 3.95. The van der Waals surface area contributed by atoms with Gasteiger partial charge in [-0.1, -0.05) is 26.2 Å². The summed E-state index contributed by atoms with van der Waals surface area (Å²) < 4.78 is 24.4. The first-order chi connectivity index (χ1) is 9.93. The number of rotatable bonds is 4. The fraction of sp³-hybridized carbons (Fsp3) is 1.00. The highest BCUT2D eigenvalue weighted by molar-refractivity contribution is 8.00. The maximum atomic E-state index is 12.2. The summed E-state index contributed by atoms with van der Waals surface area (Å²) in [5.41, 5.74) is 6.09. The summed E-state index contributed by atoms with van der Waals surface area (Å²) in [5, 5.41) is -0.349.